The molecule has 0 unspecified atom stereocenters. The smallest absolute Gasteiger partial charge is 0.216 e. The minimum absolute atomic E-state index is 0. The number of fused-ring (bicyclic) bond motifs is 6. The number of aromatic nitrogens is 2. The van der Waals surface area contributed by atoms with Gasteiger partial charge >= 0.3 is 0 Å². The van der Waals surface area contributed by atoms with Crippen molar-refractivity contribution >= 4 is 62.8 Å². The van der Waals surface area contributed by atoms with Crippen LogP contribution in [-0.4, -0.2) is 23.9 Å². The molecule has 6 aromatic rings. The van der Waals surface area contributed by atoms with Crippen molar-refractivity contribution in [2.45, 2.75) is 79.9 Å². The summed E-state index contributed by atoms with van der Waals surface area (Å²) in [5, 5.41) is 17.1. The number of rotatable bonds is 9. The molecule has 259 valence electrons. The number of aliphatic hydroxyl groups is 1. The summed E-state index contributed by atoms with van der Waals surface area (Å²) in [6, 6.07) is 25.1. The Balaban J connectivity index is 0.000000290. The van der Waals surface area contributed by atoms with Crippen molar-refractivity contribution in [3.8, 4) is 11.3 Å². The fourth-order valence-electron chi connectivity index (χ4n) is 6.73. The molecule has 49 heavy (non-hydrogen) atoms. The number of aryl methyl sites for hydroxylation is 1. The van der Waals surface area contributed by atoms with Crippen LogP contribution in [0, 0.1) is 31.9 Å². The van der Waals surface area contributed by atoms with Crippen molar-refractivity contribution in [1.29, 1.82) is 0 Å². The first-order chi connectivity index (χ1) is 22.9. The van der Waals surface area contributed by atoms with E-state index >= 15 is 0 Å². The average Bonchev–Trinajstić information content (AvgIpc) is 3.44. The molecule has 0 atom stereocenters. The quantitative estimate of drug-likeness (QED) is 0.0393. The first-order valence-electron chi connectivity index (χ1n) is 17.3. The number of furan rings is 1. The van der Waals surface area contributed by atoms with Crippen LogP contribution < -0.4 is 9.75 Å². The van der Waals surface area contributed by atoms with E-state index in [0.717, 1.165) is 64.4 Å². The second kappa shape index (κ2) is 15.8. The Morgan fingerprint density at radius 1 is 0.939 bits per heavy atom. The Morgan fingerprint density at radius 3 is 2.24 bits per heavy atom. The van der Waals surface area contributed by atoms with Gasteiger partial charge in [-0.3, -0.25) is 4.79 Å². The van der Waals surface area contributed by atoms with Gasteiger partial charge in [0, 0.05) is 56.6 Å². The van der Waals surface area contributed by atoms with Crippen molar-refractivity contribution in [1.82, 2.24) is 4.98 Å². The molecular formula is C42H49IrN2O3Si-. The number of aliphatic hydroxyl groups excluding tert-OH is 1. The van der Waals surface area contributed by atoms with Gasteiger partial charge in [-0.05, 0) is 71.7 Å². The zero-order valence-electron chi connectivity index (χ0n) is 30.1. The molecular weight excluding hydrogens is 801 g/mol. The number of hydrogen-bond donors (Lipinski definition) is 1. The van der Waals surface area contributed by atoms with Gasteiger partial charge in [0.15, 0.2) is 5.78 Å². The van der Waals surface area contributed by atoms with E-state index in [1.165, 1.54) is 27.4 Å². The van der Waals surface area contributed by atoms with Crippen LogP contribution in [0.15, 0.2) is 83.1 Å². The molecule has 3 aromatic heterocycles. The molecule has 3 heterocycles. The monoisotopic (exact) mass is 850 g/mol. The van der Waals surface area contributed by atoms with Crippen LogP contribution in [-0.2, 0) is 24.9 Å². The van der Waals surface area contributed by atoms with Crippen LogP contribution in [0.4, 0.5) is 0 Å². The number of hydrogen-bond acceptors (Lipinski definition) is 4. The number of allylic oxidation sites excluding steroid dienone is 2. The summed E-state index contributed by atoms with van der Waals surface area (Å²) in [5.41, 5.74) is 5.61. The van der Waals surface area contributed by atoms with E-state index in [9.17, 15) is 9.90 Å². The molecule has 0 fully saturated rings. The van der Waals surface area contributed by atoms with E-state index in [0.29, 0.717) is 5.71 Å². The molecule has 6 rings (SSSR count). The molecule has 1 radical (unpaired) electrons. The second-order valence-electron chi connectivity index (χ2n) is 13.8. The summed E-state index contributed by atoms with van der Waals surface area (Å²) >= 11 is 0. The summed E-state index contributed by atoms with van der Waals surface area (Å²) in [6.45, 7) is 17.4. The molecule has 3 aromatic carbocycles. The Hall–Kier alpha value is -3.77. The van der Waals surface area contributed by atoms with Crippen molar-refractivity contribution in [3.63, 3.8) is 0 Å². The zero-order chi connectivity index (χ0) is 34.7. The molecule has 0 aliphatic carbocycles. The van der Waals surface area contributed by atoms with Crippen molar-refractivity contribution < 1.29 is 39.0 Å². The molecule has 1 N–H and O–H groups in total. The maximum Gasteiger partial charge on any atom is 0.216 e. The fourth-order valence-corrected chi connectivity index (χ4v) is 8.31. The number of benzene rings is 3. The Labute approximate surface area is 305 Å². The van der Waals surface area contributed by atoms with E-state index in [1.54, 1.807) is 6.20 Å². The predicted octanol–water partition coefficient (Wildman–Crippen LogP) is 10.4. The third-order valence-electron chi connectivity index (χ3n) is 9.60. The number of carbonyl (C=O) groups excluding carboxylic acids is 1. The largest absolute Gasteiger partial charge is 0.512 e. The van der Waals surface area contributed by atoms with E-state index in [-0.39, 0.29) is 43.5 Å². The molecule has 0 amide bonds. The van der Waals surface area contributed by atoms with Gasteiger partial charge in [-0.2, -0.15) is 0 Å². The maximum atomic E-state index is 11.7. The third kappa shape index (κ3) is 7.70. The summed E-state index contributed by atoms with van der Waals surface area (Å²) in [4.78, 5) is 16.2. The topological polar surface area (TPSA) is 67.2 Å². The van der Waals surface area contributed by atoms with Crippen molar-refractivity contribution in [2.24, 2.45) is 11.8 Å². The van der Waals surface area contributed by atoms with Crippen molar-refractivity contribution in [3.05, 3.63) is 97.4 Å². The third-order valence-corrected chi connectivity index (χ3v) is 11.6. The predicted molar refractivity (Wildman–Crippen MR) is 203 cm³/mol. The van der Waals surface area contributed by atoms with Gasteiger partial charge in [0.2, 0.25) is 5.71 Å². The average molecular weight is 850 g/mol. The molecule has 0 spiro atoms. The van der Waals surface area contributed by atoms with Gasteiger partial charge in [-0.1, -0.05) is 95.2 Å². The van der Waals surface area contributed by atoms with Gasteiger partial charge in [-0.25, -0.2) is 4.98 Å². The van der Waals surface area contributed by atoms with Crippen molar-refractivity contribution in [2.75, 3.05) is 0 Å². The molecule has 0 saturated heterocycles. The number of nitrogens with zero attached hydrogens (tertiary/aromatic N) is 2. The Bertz CT molecular complexity index is 2140. The van der Waals surface area contributed by atoms with E-state index in [4.69, 9.17) is 4.42 Å². The summed E-state index contributed by atoms with van der Waals surface area (Å²) in [5.74, 6) is 0.547. The van der Waals surface area contributed by atoms with Crippen LogP contribution in [0.5, 0.6) is 0 Å². The molecule has 0 bridgehead atoms. The zero-order valence-corrected chi connectivity index (χ0v) is 33.5. The number of carbonyl (C=O) groups is 1. The summed E-state index contributed by atoms with van der Waals surface area (Å²) in [6.07, 6.45) is 6.68. The molecule has 0 aliphatic rings. The van der Waals surface area contributed by atoms with Crippen LogP contribution in [0.25, 0.3) is 55.0 Å². The Kier molecular flexibility index (Phi) is 12.3. The standard InChI is InChI=1S/C29H25N2OSi.C13H24O2.Ir/c1-18-15-22-21-11-8-14-30-29(21)32-28(22)23(16-18)25-17-26(33(3,4)5)27-20-10-7-6-9-19(20)12-13-24(27)31(25)2;1-5-10(6-2)12(14)9-13(15)11(7-3)8-4;/h6-15,17H,2H2,1,3-5H3;9-11,14H,5-8H2,1-4H3;/q-1;;/b;12-9-;. The van der Waals surface area contributed by atoms with Crippen LogP contribution >= 0.6 is 0 Å². The van der Waals surface area contributed by atoms with Gasteiger partial charge < -0.3 is 14.1 Å². The normalized spacial score (nSPS) is 12.2. The van der Waals surface area contributed by atoms with E-state index < -0.39 is 8.07 Å². The van der Waals surface area contributed by atoms with E-state index in [1.807, 2.05) is 33.8 Å². The minimum atomic E-state index is -1.71. The second-order valence-corrected chi connectivity index (χ2v) is 18.9. The van der Waals surface area contributed by atoms with Crippen LogP contribution in [0.3, 0.4) is 0 Å². The molecule has 5 nitrogen and oxygen atoms in total. The molecule has 7 heteroatoms. The van der Waals surface area contributed by atoms with Crippen LogP contribution in [0.2, 0.25) is 19.6 Å². The first kappa shape index (κ1) is 38.0. The molecule has 0 aliphatic heterocycles. The summed E-state index contributed by atoms with van der Waals surface area (Å²) in [7, 11) is 2.79. The fraction of sp³-hybridized carbons (Fsp3) is 0.333. The summed E-state index contributed by atoms with van der Waals surface area (Å²) < 4.78 is 8.34. The number of ketones is 1. The van der Waals surface area contributed by atoms with Gasteiger partial charge in [0.1, 0.15) is 11.2 Å². The SMILES string of the molecule is CCC(CC)C(=O)/C=C(\O)C(CC)CC.[CH2-][n+]1c(-c2[c-]c(C)cc3c2oc2ncccc23)cc([Si](C)(C)C)c2c3ccccc3ccc21.[Ir]. The van der Waals surface area contributed by atoms with Gasteiger partial charge in [-0.15, -0.1) is 17.7 Å². The first-order valence-corrected chi connectivity index (χ1v) is 20.8. The maximum absolute atomic E-state index is 11.7. The number of pyridine rings is 2. The molecule has 0 saturated carbocycles. The van der Waals surface area contributed by atoms with Gasteiger partial charge in [0.25, 0.3) is 0 Å². The Morgan fingerprint density at radius 2 is 1.59 bits per heavy atom. The minimum Gasteiger partial charge on any atom is -0.512 e. The van der Waals surface area contributed by atoms with E-state index in [2.05, 4.69) is 104 Å². The van der Waals surface area contributed by atoms with Crippen LogP contribution in [0.1, 0.15) is 58.9 Å². The van der Waals surface area contributed by atoms with Gasteiger partial charge in [0.05, 0.1) is 19.4 Å².